The molecule has 0 aliphatic carbocycles. The Morgan fingerprint density at radius 1 is 1.77 bits per heavy atom. The van der Waals surface area contributed by atoms with Gasteiger partial charge in [-0.2, -0.15) is 0 Å². The maximum absolute atomic E-state index is 11.4. The lowest BCUT2D eigenvalue weighted by molar-refractivity contribution is 0.0912. The van der Waals surface area contributed by atoms with E-state index < -0.39 is 0 Å². The Labute approximate surface area is 77.1 Å². The van der Waals surface area contributed by atoms with E-state index in [0.717, 1.165) is 5.56 Å². The quantitative estimate of drug-likeness (QED) is 0.721. The Bertz CT molecular complexity index is 294. The van der Waals surface area contributed by atoms with Crippen molar-refractivity contribution >= 4 is 5.91 Å². The van der Waals surface area contributed by atoms with Crippen molar-refractivity contribution in [1.82, 2.24) is 5.32 Å². The fourth-order valence-electron chi connectivity index (χ4n) is 0.954. The largest absolute Gasteiger partial charge is 0.459 e. The number of amides is 1. The van der Waals surface area contributed by atoms with Crippen LogP contribution in [-0.2, 0) is 0 Å². The van der Waals surface area contributed by atoms with Gasteiger partial charge in [-0.1, -0.05) is 0 Å². The van der Waals surface area contributed by atoms with E-state index in [4.69, 9.17) is 10.2 Å². The molecule has 0 saturated carbocycles. The third-order valence-corrected chi connectivity index (χ3v) is 1.80. The standard InChI is InChI=1S/C9H14N2O2/c1-6-3-4-13-8(6)9(12)11-7(2)5-10/h3-4,7H,5,10H2,1-2H3,(H,11,12)/t7-/m1/s1. The van der Waals surface area contributed by atoms with Gasteiger partial charge in [-0.25, -0.2) is 0 Å². The number of hydrogen-bond acceptors (Lipinski definition) is 3. The highest BCUT2D eigenvalue weighted by Crippen LogP contribution is 2.08. The van der Waals surface area contributed by atoms with Crippen LogP contribution in [0.2, 0.25) is 0 Å². The third kappa shape index (κ3) is 2.32. The van der Waals surface area contributed by atoms with Gasteiger partial charge in [0.15, 0.2) is 5.76 Å². The summed E-state index contributed by atoms with van der Waals surface area (Å²) in [5.74, 6) is 0.153. The molecule has 72 valence electrons. The minimum atomic E-state index is -0.208. The summed E-state index contributed by atoms with van der Waals surface area (Å²) in [4.78, 5) is 11.4. The number of nitrogens with one attached hydrogen (secondary N) is 1. The number of carbonyl (C=O) groups is 1. The molecule has 3 N–H and O–H groups in total. The van der Waals surface area contributed by atoms with Crippen molar-refractivity contribution in [2.45, 2.75) is 19.9 Å². The molecule has 1 aromatic rings. The molecule has 0 spiro atoms. The van der Waals surface area contributed by atoms with Gasteiger partial charge in [0.05, 0.1) is 6.26 Å². The molecule has 0 aromatic carbocycles. The van der Waals surface area contributed by atoms with Gasteiger partial charge in [-0.05, 0) is 19.9 Å². The van der Waals surface area contributed by atoms with Crippen LogP contribution in [0.25, 0.3) is 0 Å². The maximum Gasteiger partial charge on any atom is 0.287 e. The van der Waals surface area contributed by atoms with Crippen LogP contribution in [0.1, 0.15) is 23.0 Å². The van der Waals surface area contributed by atoms with Crippen LogP contribution in [0.3, 0.4) is 0 Å². The number of carbonyl (C=O) groups excluding carboxylic acids is 1. The van der Waals surface area contributed by atoms with Gasteiger partial charge in [0.2, 0.25) is 0 Å². The highest BCUT2D eigenvalue weighted by molar-refractivity contribution is 5.92. The van der Waals surface area contributed by atoms with Crippen LogP contribution in [-0.4, -0.2) is 18.5 Å². The molecule has 1 aromatic heterocycles. The summed E-state index contributed by atoms with van der Waals surface area (Å²) in [6, 6.07) is 1.72. The maximum atomic E-state index is 11.4. The van der Waals surface area contributed by atoms with Crippen LogP contribution in [0.5, 0.6) is 0 Å². The van der Waals surface area contributed by atoms with E-state index in [0.29, 0.717) is 12.3 Å². The molecule has 0 fully saturated rings. The molecule has 1 heterocycles. The highest BCUT2D eigenvalue weighted by Gasteiger charge is 2.13. The van der Waals surface area contributed by atoms with Crippen molar-refractivity contribution in [1.29, 1.82) is 0 Å². The van der Waals surface area contributed by atoms with Crippen LogP contribution in [0, 0.1) is 6.92 Å². The predicted molar refractivity (Wildman–Crippen MR) is 49.4 cm³/mol. The molecule has 1 atom stereocenters. The van der Waals surface area contributed by atoms with Crippen LogP contribution < -0.4 is 11.1 Å². The van der Waals surface area contributed by atoms with E-state index in [1.807, 2.05) is 13.8 Å². The molecular formula is C9H14N2O2. The zero-order valence-electron chi connectivity index (χ0n) is 7.83. The first-order chi connectivity index (χ1) is 6.15. The molecule has 1 rings (SSSR count). The highest BCUT2D eigenvalue weighted by atomic mass is 16.3. The van der Waals surface area contributed by atoms with E-state index in [2.05, 4.69) is 5.32 Å². The number of furan rings is 1. The molecule has 0 bridgehead atoms. The Balaban J connectivity index is 2.64. The van der Waals surface area contributed by atoms with Gasteiger partial charge in [0, 0.05) is 18.2 Å². The average Bonchev–Trinajstić information content (AvgIpc) is 2.51. The topological polar surface area (TPSA) is 68.3 Å². The fraction of sp³-hybridized carbons (Fsp3) is 0.444. The van der Waals surface area contributed by atoms with Crippen molar-refractivity contribution in [2.75, 3.05) is 6.54 Å². The van der Waals surface area contributed by atoms with Gasteiger partial charge in [-0.3, -0.25) is 4.79 Å². The summed E-state index contributed by atoms with van der Waals surface area (Å²) in [7, 11) is 0. The molecule has 0 unspecified atom stereocenters. The van der Waals surface area contributed by atoms with E-state index in [1.54, 1.807) is 6.07 Å². The van der Waals surface area contributed by atoms with E-state index in [-0.39, 0.29) is 11.9 Å². The number of rotatable bonds is 3. The lowest BCUT2D eigenvalue weighted by atomic mass is 10.2. The van der Waals surface area contributed by atoms with Crippen molar-refractivity contribution in [3.05, 3.63) is 23.7 Å². The minimum Gasteiger partial charge on any atom is -0.459 e. The Morgan fingerprint density at radius 2 is 2.46 bits per heavy atom. The Hall–Kier alpha value is -1.29. The zero-order chi connectivity index (χ0) is 9.84. The normalized spacial score (nSPS) is 12.5. The van der Waals surface area contributed by atoms with Crippen LogP contribution in [0.15, 0.2) is 16.7 Å². The Kier molecular flexibility index (Phi) is 3.08. The molecule has 13 heavy (non-hydrogen) atoms. The first-order valence-electron chi connectivity index (χ1n) is 4.20. The number of hydrogen-bond donors (Lipinski definition) is 2. The zero-order valence-corrected chi connectivity index (χ0v) is 7.83. The SMILES string of the molecule is Cc1ccoc1C(=O)N[C@H](C)CN. The average molecular weight is 182 g/mol. The molecular weight excluding hydrogens is 168 g/mol. The smallest absolute Gasteiger partial charge is 0.287 e. The van der Waals surface area contributed by atoms with Gasteiger partial charge in [0.25, 0.3) is 5.91 Å². The van der Waals surface area contributed by atoms with Gasteiger partial charge in [-0.15, -0.1) is 0 Å². The molecule has 0 saturated heterocycles. The van der Waals surface area contributed by atoms with Gasteiger partial charge < -0.3 is 15.5 Å². The lowest BCUT2D eigenvalue weighted by Gasteiger charge is -2.09. The molecule has 1 amide bonds. The fourth-order valence-corrected chi connectivity index (χ4v) is 0.954. The van der Waals surface area contributed by atoms with E-state index in [9.17, 15) is 4.79 Å². The van der Waals surface area contributed by atoms with E-state index in [1.165, 1.54) is 6.26 Å². The second-order valence-corrected chi connectivity index (χ2v) is 3.04. The molecule has 0 radical (unpaired) electrons. The van der Waals surface area contributed by atoms with Crippen molar-refractivity contribution < 1.29 is 9.21 Å². The monoisotopic (exact) mass is 182 g/mol. The van der Waals surface area contributed by atoms with Crippen LogP contribution in [0.4, 0.5) is 0 Å². The summed E-state index contributed by atoms with van der Waals surface area (Å²) in [6.45, 7) is 4.09. The third-order valence-electron chi connectivity index (χ3n) is 1.80. The second-order valence-electron chi connectivity index (χ2n) is 3.04. The molecule has 4 nitrogen and oxygen atoms in total. The van der Waals surface area contributed by atoms with Crippen molar-refractivity contribution in [3.63, 3.8) is 0 Å². The summed E-state index contributed by atoms with van der Waals surface area (Å²) < 4.78 is 5.02. The summed E-state index contributed by atoms with van der Waals surface area (Å²) in [6.07, 6.45) is 1.50. The minimum absolute atomic E-state index is 0.0306. The van der Waals surface area contributed by atoms with Crippen molar-refractivity contribution in [3.8, 4) is 0 Å². The summed E-state index contributed by atoms with van der Waals surface area (Å²) in [5, 5.41) is 2.72. The first kappa shape index (κ1) is 9.80. The number of nitrogens with two attached hydrogens (primary N) is 1. The van der Waals surface area contributed by atoms with Crippen molar-refractivity contribution in [2.24, 2.45) is 5.73 Å². The molecule has 0 aliphatic heterocycles. The second kappa shape index (κ2) is 4.09. The molecule has 0 aliphatic rings. The van der Waals surface area contributed by atoms with E-state index >= 15 is 0 Å². The number of aryl methyl sites for hydroxylation is 1. The summed E-state index contributed by atoms with van der Waals surface area (Å²) >= 11 is 0. The predicted octanol–water partition coefficient (Wildman–Crippen LogP) is 0.665. The van der Waals surface area contributed by atoms with Gasteiger partial charge >= 0.3 is 0 Å². The molecule has 4 heteroatoms. The first-order valence-corrected chi connectivity index (χ1v) is 4.20. The summed E-state index contributed by atoms with van der Waals surface area (Å²) in [5.41, 5.74) is 6.20. The Morgan fingerprint density at radius 3 is 2.92 bits per heavy atom. The van der Waals surface area contributed by atoms with Gasteiger partial charge in [0.1, 0.15) is 0 Å². The van der Waals surface area contributed by atoms with Crippen LogP contribution >= 0.6 is 0 Å². The lowest BCUT2D eigenvalue weighted by Crippen LogP contribution is -2.37.